The maximum Gasteiger partial charge on any atom is 0.293 e. The number of carbonyl (C=O) groups is 1. The molecule has 5 heteroatoms. The average Bonchev–Trinajstić information content (AvgIpc) is 2.95. The second-order valence-corrected chi connectivity index (χ2v) is 6.66. The summed E-state index contributed by atoms with van der Waals surface area (Å²) < 4.78 is 1.78. The summed E-state index contributed by atoms with van der Waals surface area (Å²) in [4.78, 5) is 18.8. The minimum atomic E-state index is -0.125. The quantitative estimate of drug-likeness (QED) is 0.806. The van der Waals surface area contributed by atoms with Crippen molar-refractivity contribution in [3.63, 3.8) is 0 Å². The van der Waals surface area contributed by atoms with Crippen molar-refractivity contribution >= 4 is 5.91 Å². The molecule has 0 saturated heterocycles. The molecule has 1 aromatic carbocycles. The van der Waals surface area contributed by atoms with E-state index >= 15 is 0 Å². The Balaban J connectivity index is 2.36. The van der Waals surface area contributed by atoms with Crippen LogP contribution < -0.4 is 0 Å². The first kappa shape index (κ1) is 18.2. The van der Waals surface area contributed by atoms with Crippen molar-refractivity contribution in [2.75, 3.05) is 7.05 Å². The van der Waals surface area contributed by atoms with Crippen LogP contribution in [0.4, 0.5) is 0 Å². The van der Waals surface area contributed by atoms with Gasteiger partial charge in [0.1, 0.15) is 5.82 Å². The molecule has 1 heterocycles. The van der Waals surface area contributed by atoms with Crippen LogP contribution in [0.1, 0.15) is 68.5 Å². The fourth-order valence-corrected chi connectivity index (χ4v) is 2.85. The predicted molar refractivity (Wildman–Crippen MR) is 96.6 cm³/mol. The Morgan fingerprint density at radius 2 is 1.92 bits per heavy atom. The summed E-state index contributed by atoms with van der Waals surface area (Å²) in [6.07, 6.45) is 2.01. The zero-order valence-corrected chi connectivity index (χ0v) is 15.6. The van der Waals surface area contributed by atoms with E-state index in [1.165, 1.54) is 5.56 Å². The average molecular weight is 328 g/mol. The van der Waals surface area contributed by atoms with Gasteiger partial charge in [-0.15, -0.1) is 5.10 Å². The van der Waals surface area contributed by atoms with E-state index in [4.69, 9.17) is 0 Å². The summed E-state index contributed by atoms with van der Waals surface area (Å²) in [5, 5.41) is 4.50. The maximum absolute atomic E-state index is 12.7. The van der Waals surface area contributed by atoms with Crippen molar-refractivity contribution in [1.29, 1.82) is 0 Å². The molecule has 2 rings (SSSR count). The molecule has 0 spiro atoms. The van der Waals surface area contributed by atoms with Crippen LogP contribution in [0.2, 0.25) is 0 Å². The molecular formula is C19H28N4O. The molecule has 0 unspecified atom stereocenters. The molecule has 0 fully saturated rings. The minimum Gasteiger partial charge on any atom is -0.336 e. The van der Waals surface area contributed by atoms with Crippen molar-refractivity contribution in [2.45, 2.75) is 59.4 Å². The lowest BCUT2D eigenvalue weighted by Crippen LogP contribution is -2.35. The van der Waals surface area contributed by atoms with E-state index in [1.54, 1.807) is 9.58 Å². The van der Waals surface area contributed by atoms with E-state index in [1.807, 2.05) is 32.2 Å². The molecule has 0 radical (unpaired) electrons. The number of para-hydroxylation sites is 1. The molecule has 0 saturated carbocycles. The largest absolute Gasteiger partial charge is 0.336 e. The molecule has 2 aromatic rings. The second-order valence-electron chi connectivity index (χ2n) is 6.66. The van der Waals surface area contributed by atoms with Gasteiger partial charge in [-0.2, -0.15) is 0 Å². The smallest absolute Gasteiger partial charge is 0.293 e. The number of amides is 1. The Labute approximate surface area is 144 Å². The predicted octanol–water partition coefficient (Wildman–Crippen LogP) is 3.96. The summed E-state index contributed by atoms with van der Waals surface area (Å²) in [6.45, 7) is 10.4. The Bertz CT molecular complexity index is 705. The number of nitrogens with zero attached hydrogens (tertiary/aromatic N) is 4. The van der Waals surface area contributed by atoms with Crippen molar-refractivity contribution in [3.05, 3.63) is 41.5 Å². The zero-order valence-electron chi connectivity index (χ0n) is 15.6. The van der Waals surface area contributed by atoms with E-state index in [2.05, 4.69) is 43.8 Å². The molecule has 130 valence electrons. The summed E-state index contributed by atoms with van der Waals surface area (Å²) >= 11 is 0. The highest BCUT2D eigenvalue weighted by Crippen LogP contribution is 2.23. The Hall–Kier alpha value is -2.17. The first-order valence-electron chi connectivity index (χ1n) is 8.66. The summed E-state index contributed by atoms with van der Waals surface area (Å²) in [5.74, 6) is 1.23. The molecule has 5 nitrogen and oxygen atoms in total. The van der Waals surface area contributed by atoms with Crippen LogP contribution in [0.15, 0.2) is 24.3 Å². The number of hydrogen-bond acceptors (Lipinski definition) is 3. The van der Waals surface area contributed by atoms with Gasteiger partial charge in [-0.3, -0.25) is 4.79 Å². The van der Waals surface area contributed by atoms with Crippen LogP contribution in [0.3, 0.4) is 0 Å². The van der Waals surface area contributed by atoms with Gasteiger partial charge in [-0.05, 0) is 37.8 Å². The van der Waals surface area contributed by atoms with Gasteiger partial charge >= 0.3 is 0 Å². The lowest BCUT2D eigenvalue weighted by molar-refractivity contribution is 0.0724. The molecule has 0 aliphatic rings. The lowest BCUT2D eigenvalue weighted by Gasteiger charge is -2.23. The fraction of sp³-hybridized carbons (Fsp3) is 0.526. The van der Waals surface area contributed by atoms with Crippen LogP contribution in [-0.2, 0) is 0 Å². The molecular weight excluding hydrogens is 300 g/mol. The molecule has 0 bridgehead atoms. The number of benzene rings is 1. The van der Waals surface area contributed by atoms with Crippen LogP contribution in [0.25, 0.3) is 5.69 Å². The van der Waals surface area contributed by atoms with Crippen molar-refractivity contribution in [3.8, 4) is 5.69 Å². The number of carbonyl (C=O) groups excluding carboxylic acids is 1. The third-order valence-electron chi connectivity index (χ3n) is 4.44. The molecule has 0 aliphatic heterocycles. The summed E-state index contributed by atoms with van der Waals surface area (Å²) in [5.41, 5.74) is 2.18. The Morgan fingerprint density at radius 3 is 2.54 bits per heavy atom. The second kappa shape index (κ2) is 7.60. The number of aromatic nitrogens is 3. The van der Waals surface area contributed by atoms with Gasteiger partial charge in [0.05, 0.1) is 5.69 Å². The third-order valence-corrected chi connectivity index (χ3v) is 4.44. The molecule has 1 atom stereocenters. The van der Waals surface area contributed by atoms with Crippen molar-refractivity contribution in [1.82, 2.24) is 19.7 Å². The maximum atomic E-state index is 12.7. The van der Waals surface area contributed by atoms with E-state index in [-0.39, 0.29) is 17.8 Å². The molecule has 1 aromatic heterocycles. The van der Waals surface area contributed by atoms with E-state index in [9.17, 15) is 4.79 Å². The molecule has 24 heavy (non-hydrogen) atoms. The molecule has 0 aliphatic carbocycles. The summed E-state index contributed by atoms with van der Waals surface area (Å²) in [6, 6.07) is 8.31. The highest BCUT2D eigenvalue weighted by molar-refractivity contribution is 5.90. The van der Waals surface area contributed by atoms with Crippen LogP contribution in [0, 0.1) is 6.92 Å². The van der Waals surface area contributed by atoms with Crippen LogP contribution in [0.5, 0.6) is 0 Å². The van der Waals surface area contributed by atoms with Gasteiger partial charge in [-0.25, -0.2) is 9.67 Å². The van der Waals surface area contributed by atoms with Gasteiger partial charge in [-0.1, -0.05) is 45.4 Å². The topological polar surface area (TPSA) is 51.0 Å². The number of rotatable bonds is 6. The first-order chi connectivity index (χ1) is 11.4. The summed E-state index contributed by atoms with van der Waals surface area (Å²) in [7, 11) is 1.82. The SMILES string of the molecule is CCC[C@H](C)N(C)C(=O)c1nc(C)n(-c2ccccc2C(C)C)n1. The van der Waals surface area contributed by atoms with Crippen molar-refractivity contribution in [2.24, 2.45) is 0 Å². The molecule has 0 N–H and O–H groups in total. The van der Waals surface area contributed by atoms with Crippen LogP contribution >= 0.6 is 0 Å². The third kappa shape index (κ3) is 3.66. The van der Waals surface area contributed by atoms with Gasteiger partial charge in [0.15, 0.2) is 0 Å². The Kier molecular flexibility index (Phi) is 5.75. The van der Waals surface area contributed by atoms with E-state index < -0.39 is 0 Å². The van der Waals surface area contributed by atoms with E-state index in [0.717, 1.165) is 24.4 Å². The Morgan fingerprint density at radius 1 is 1.25 bits per heavy atom. The van der Waals surface area contributed by atoms with Crippen LogP contribution in [-0.4, -0.2) is 38.7 Å². The fourth-order valence-electron chi connectivity index (χ4n) is 2.85. The van der Waals surface area contributed by atoms with Gasteiger partial charge in [0.25, 0.3) is 5.91 Å². The minimum absolute atomic E-state index is 0.125. The van der Waals surface area contributed by atoms with Crippen molar-refractivity contribution < 1.29 is 4.79 Å². The highest BCUT2D eigenvalue weighted by Gasteiger charge is 2.23. The lowest BCUT2D eigenvalue weighted by atomic mass is 10.0. The van der Waals surface area contributed by atoms with Gasteiger partial charge < -0.3 is 4.90 Å². The highest BCUT2D eigenvalue weighted by atomic mass is 16.2. The van der Waals surface area contributed by atoms with Gasteiger partial charge in [0.2, 0.25) is 5.82 Å². The molecule has 1 amide bonds. The first-order valence-corrected chi connectivity index (χ1v) is 8.66. The monoisotopic (exact) mass is 328 g/mol. The van der Waals surface area contributed by atoms with Gasteiger partial charge in [0, 0.05) is 13.1 Å². The number of hydrogen-bond donors (Lipinski definition) is 0. The standard InChI is InChI=1S/C19H28N4O/c1-7-10-14(4)22(6)19(24)18-20-15(5)23(21-18)17-12-9-8-11-16(17)13(2)3/h8-9,11-14H,7,10H2,1-6H3/t14-/m0/s1. The number of aryl methyl sites for hydroxylation is 1. The normalized spacial score (nSPS) is 12.5. The zero-order chi connectivity index (χ0) is 17.9. The van der Waals surface area contributed by atoms with E-state index in [0.29, 0.717) is 5.92 Å².